The Kier molecular flexibility index (Phi) is 59.7. The van der Waals surface area contributed by atoms with E-state index in [1.54, 1.807) is 6.92 Å². The summed E-state index contributed by atoms with van der Waals surface area (Å²) in [5.41, 5.74) is -1.03. The second-order valence-corrected chi connectivity index (χ2v) is 21.7. The van der Waals surface area contributed by atoms with E-state index in [1.165, 1.54) is 0 Å². The third kappa shape index (κ3) is 50.6. The molecular formula is C62H104O35. The number of Topliss-reactive ketones (excluding diaryl/α,β-unsaturated/α-hetero) is 1. The van der Waals surface area contributed by atoms with Gasteiger partial charge in [-0.2, -0.15) is 0 Å². The van der Waals surface area contributed by atoms with E-state index in [2.05, 4.69) is 0 Å². The van der Waals surface area contributed by atoms with Crippen LogP contribution in [-0.2, 0) is 152 Å². The van der Waals surface area contributed by atoms with Crippen molar-refractivity contribution in [3.05, 3.63) is 0 Å². The van der Waals surface area contributed by atoms with Gasteiger partial charge in [-0.3, -0.25) is 4.79 Å². The summed E-state index contributed by atoms with van der Waals surface area (Å²) in [7, 11) is 0. The Morgan fingerprint density at radius 2 is 0.649 bits per heavy atom. The van der Waals surface area contributed by atoms with Crippen molar-refractivity contribution in [2.45, 2.75) is 99.9 Å². The molecule has 1 heterocycles. The van der Waals surface area contributed by atoms with E-state index in [9.17, 15) is 63.3 Å². The summed E-state index contributed by atoms with van der Waals surface area (Å²) in [6.45, 7) is -3.61. The molecule has 1 aliphatic heterocycles. The molecule has 0 aliphatic carbocycles. The van der Waals surface area contributed by atoms with Crippen LogP contribution in [0.3, 0.4) is 0 Å². The van der Waals surface area contributed by atoms with Crippen molar-refractivity contribution < 1.29 is 167 Å². The zero-order chi connectivity index (χ0) is 71.1. The molecule has 1 aliphatic rings. The largest absolute Gasteiger partial charge is 0.388 e. The number of aliphatic hydroxyl groups is 3. The fourth-order valence-corrected chi connectivity index (χ4v) is 8.31. The van der Waals surface area contributed by atoms with Crippen LogP contribution in [0.1, 0.15) is 26.7 Å². The van der Waals surface area contributed by atoms with Crippen molar-refractivity contribution in [2.24, 2.45) is 5.41 Å². The van der Waals surface area contributed by atoms with Crippen molar-refractivity contribution in [3.8, 4) is 0 Å². The lowest BCUT2D eigenvalue weighted by Gasteiger charge is -2.31. The van der Waals surface area contributed by atoms with Crippen LogP contribution in [0.2, 0.25) is 0 Å². The van der Waals surface area contributed by atoms with Gasteiger partial charge in [0.1, 0.15) is 196 Å². The average Bonchev–Trinajstić information content (AvgIpc) is 1.11. The molecular weight excluding hydrogens is 1300 g/mol. The van der Waals surface area contributed by atoms with E-state index in [0.717, 1.165) is 0 Å². The normalized spacial score (nSPS) is 20.2. The molecule has 13 unspecified atom stereocenters. The summed E-state index contributed by atoms with van der Waals surface area (Å²) in [6, 6.07) is 0. The van der Waals surface area contributed by atoms with E-state index in [0.29, 0.717) is 69.4 Å². The molecule has 0 radical (unpaired) electrons. The number of carbonyl (C=O) groups excluding carboxylic acids is 10. The SMILES string of the molecule is CCCC1(C)COCC(COCC(COCC(COCC(COCC=O)OCC=O)OCC(O)COCC=O)OCC(COCC(O)COCC=O)OCC=O)OCC(COCC(COCC(COCC=O)OCC=O)OCC(O)COCC=O)OCC(COCC=O)OCC1=O. The van der Waals surface area contributed by atoms with Crippen molar-refractivity contribution in [1.82, 2.24) is 0 Å². The maximum atomic E-state index is 14.0. The first-order valence-corrected chi connectivity index (χ1v) is 31.8. The Labute approximate surface area is 564 Å². The molecule has 1 fully saturated rings. The van der Waals surface area contributed by atoms with Gasteiger partial charge in [0.2, 0.25) is 0 Å². The minimum atomic E-state index is -1.18. The van der Waals surface area contributed by atoms with Gasteiger partial charge in [-0.1, -0.05) is 20.3 Å². The van der Waals surface area contributed by atoms with E-state index in [1.807, 2.05) is 6.92 Å². The number of hydrogen-bond donors (Lipinski definition) is 3. The molecule has 0 amide bonds. The van der Waals surface area contributed by atoms with Crippen LogP contribution in [0.5, 0.6) is 0 Å². The lowest BCUT2D eigenvalue weighted by Crippen LogP contribution is -2.42. The molecule has 0 bridgehead atoms. The van der Waals surface area contributed by atoms with E-state index in [4.69, 9.17) is 104 Å². The van der Waals surface area contributed by atoms with E-state index < -0.39 is 78.7 Å². The summed E-state index contributed by atoms with van der Waals surface area (Å²) in [5.74, 6) is -0.280. The predicted molar refractivity (Wildman–Crippen MR) is 329 cm³/mol. The Balaban J connectivity index is 3.67. The third-order valence-corrected chi connectivity index (χ3v) is 13.1. The van der Waals surface area contributed by atoms with Crippen LogP contribution < -0.4 is 0 Å². The van der Waals surface area contributed by atoms with E-state index in [-0.39, 0.29) is 237 Å². The van der Waals surface area contributed by atoms with Gasteiger partial charge in [-0.25, -0.2) is 0 Å². The molecule has 1 rings (SSSR count). The second-order valence-electron chi connectivity index (χ2n) is 21.7. The number of carbonyl (C=O) groups is 10. The Bertz CT molecular complexity index is 1960. The number of hydrogen-bond acceptors (Lipinski definition) is 35. The Morgan fingerprint density at radius 3 is 1.05 bits per heavy atom. The number of aldehydes is 9. The number of rotatable bonds is 68. The molecule has 3 N–H and O–H groups in total. The van der Waals surface area contributed by atoms with Gasteiger partial charge in [0.15, 0.2) is 5.78 Å². The van der Waals surface area contributed by atoms with Gasteiger partial charge in [0, 0.05) is 0 Å². The average molecular weight is 1410 g/mol. The van der Waals surface area contributed by atoms with Crippen LogP contribution in [0.4, 0.5) is 0 Å². The number of ether oxygens (including phenoxy) is 22. The van der Waals surface area contributed by atoms with Gasteiger partial charge < -0.3 is 163 Å². The van der Waals surface area contributed by atoms with Gasteiger partial charge in [-0.15, -0.1) is 0 Å². The quantitative estimate of drug-likeness (QED) is 0.0385. The predicted octanol–water partition coefficient (Wildman–Crippen LogP) is -4.07. The fourth-order valence-electron chi connectivity index (χ4n) is 8.31. The Hall–Kier alpha value is -4.30. The molecule has 1 saturated heterocycles. The van der Waals surface area contributed by atoms with Crippen molar-refractivity contribution in [1.29, 1.82) is 0 Å². The first kappa shape index (κ1) is 90.7. The Morgan fingerprint density at radius 1 is 0.361 bits per heavy atom. The first-order chi connectivity index (χ1) is 47.3. The maximum Gasteiger partial charge on any atom is 0.166 e. The van der Waals surface area contributed by atoms with Crippen LogP contribution in [0.25, 0.3) is 0 Å². The maximum absolute atomic E-state index is 14.0. The minimum absolute atomic E-state index is 0.0575. The lowest BCUT2D eigenvalue weighted by atomic mass is 9.82. The van der Waals surface area contributed by atoms with Crippen LogP contribution >= 0.6 is 0 Å². The first-order valence-electron chi connectivity index (χ1n) is 31.8. The highest BCUT2D eigenvalue weighted by molar-refractivity contribution is 5.85. The highest BCUT2D eigenvalue weighted by Gasteiger charge is 2.34. The summed E-state index contributed by atoms with van der Waals surface area (Å²) in [5, 5.41) is 31.4. The van der Waals surface area contributed by atoms with Crippen LogP contribution in [0.15, 0.2) is 0 Å². The molecule has 13 atom stereocenters. The molecule has 35 heteroatoms. The third-order valence-electron chi connectivity index (χ3n) is 13.1. The van der Waals surface area contributed by atoms with Gasteiger partial charge in [0.05, 0.1) is 171 Å². The van der Waals surface area contributed by atoms with Crippen molar-refractivity contribution in [3.63, 3.8) is 0 Å². The summed E-state index contributed by atoms with van der Waals surface area (Å²) < 4.78 is 127. The van der Waals surface area contributed by atoms with Gasteiger partial charge in [-0.05, 0) is 6.42 Å². The second kappa shape index (κ2) is 63.8. The molecule has 97 heavy (non-hydrogen) atoms. The van der Waals surface area contributed by atoms with Crippen molar-refractivity contribution >= 4 is 62.4 Å². The zero-order valence-corrected chi connectivity index (χ0v) is 55.7. The highest BCUT2D eigenvalue weighted by Crippen LogP contribution is 2.26. The summed E-state index contributed by atoms with van der Waals surface area (Å²) in [4.78, 5) is 113. The van der Waals surface area contributed by atoms with E-state index >= 15 is 0 Å². The zero-order valence-electron chi connectivity index (χ0n) is 55.7. The van der Waals surface area contributed by atoms with Crippen molar-refractivity contribution in [2.75, 3.05) is 231 Å². The smallest absolute Gasteiger partial charge is 0.166 e. The number of ketones is 1. The van der Waals surface area contributed by atoms with Crippen LogP contribution in [0, 0.1) is 5.41 Å². The highest BCUT2D eigenvalue weighted by atomic mass is 16.6. The fraction of sp³-hybridized carbons (Fsp3) is 0.839. The molecule has 0 aromatic carbocycles. The monoisotopic (exact) mass is 1410 g/mol. The molecule has 562 valence electrons. The van der Waals surface area contributed by atoms with Gasteiger partial charge in [0.25, 0.3) is 0 Å². The molecule has 0 aromatic rings. The summed E-state index contributed by atoms with van der Waals surface area (Å²) >= 11 is 0. The lowest BCUT2D eigenvalue weighted by molar-refractivity contribution is -0.162. The minimum Gasteiger partial charge on any atom is -0.388 e. The molecule has 35 nitrogen and oxygen atoms in total. The topological polar surface area (TPSA) is 434 Å². The number of aliphatic hydroxyl groups excluding tert-OH is 3. The standard InChI is InChI=1S/C62H104O35/c1-3-4-62(2)48-88-43-57(95-46-60(96-45-59(31-81-19-10-68)97-47-61(62)75)42-87-37-55(93-28-51(74)25-78-16-7-65)35-84-33-53(90-21-12-70)30-80-18-9-67)40-86-39-56(94-44-58(91-22-13-71)41-82-26-49(72)23-76-14-5-63)38-85-36-54(92-27-50(73)24-77-15-6-64)34-83-32-52(89-20-11-69)29-79-17-8-66/h5-13,49-60,72-74H,3-4,14-48H2,1-2H3. The molecule has 0 aromatic heterocycles. The van der Waals surface area contributed by atoms with Crippen LogP contribution in [-0.4, -0.2) is 382 Å². The molecule has 0 spiro atoms. The summed E-state index contributed by atoms with van der Waals surface area (Å²) in [6.07, 6.45) is -5.45. The van der Waals surface area contributed by atoms with Gasteiger partial charge >= 0.3 is 0 Å². The molecule has 0 saturated carbocycles.